The van der Waals surface area contributed by atoms with Crippen LogP contribution in [0.4, 0.5) is 0 Å². The molecule has 0 saturated carbocycles. The van der Waals surface area contributed by atoms with Crippen LogP contribution >= 0.6 is 11.6 Å². The third kappa shape index (κ3) is 1.39. The van der Waals surface area contributed by atoms with Gasteiger partial charge >= 0.3 is 0 Å². The number of rotatable bonds is 2. The fourth-order valence-electron chi connectivity index (χ4n) is 1.03. The quantitative estimate of drug-likeness (QED) is 0.730. The van der Waals surface area contributed by atoms with E-state index in [1.807, 2.05) is 18.5 Å². The summed E-state index contributed by atoms with van der Waals surface area (Å²) in [4.78, 5) is 4.07. The van der Waals surface area contributed by atoms with Crippen molar-refractivity contribution in [1.82, 2.24) is 9.55 Å². The summed E-state index contributed by atoms with van der Waals surface area (Å²) < 4.78 is 1.82. The van der Waals surface area contributed by atoms with E-state index in [9.17, 15) is 0 Å². The number of nitrogens with zero attached hydrogens (tertiary/aromatic N) is 2. The molecule has 0 radical (unpaired) electrons. The molecule has 4 heteroatoms. The number of imidazole rings is 1. The molecule has 1 N–H and O–H groups in total. The number of aryl methyl sites for hydroxylation is 1. The van der Waals surface area contributed by atoms with E-state index in [-0.39, 0.29) is 6.61 Å². The zero-order valence-corrected chi connectivity index (χ0v) is 7.39. The minimum absolute atomic E-state index is 0.0532. The van der Waals surface area contributed by atoms with Crippen molar-refractivity contribution in [1.29, 1.82) is 0 Å². The Labute approximate surface area is 70.6 Å². The van der Waals surface area contributed by atoms with Crippen molar-refractivity contribution in [3.05, 3.63) is 16.7 Å². The Morgan fingerprint density at radius 3 is 2.55 bits per heavy atom. The summed E-state index contributed by atoms with van der Waals surface area (Å²) >= 11 is 5.74. The molecule has 0 aliphatic rings. The highest BCUT2D eigenvalue weighted by Crippen LogP contribution is 2.15. The van der Waals surface area contributed by atoms with Gasteiger partial charge in [0.2, 0.25) is 0 Å². The van der Waals surface area contributed by atoms with Crippen molar-refractivity contribution in [2.24, 2.45) is 7.05 Å². The van der Waals surface area contributed by atoms with E-state index in [1.54, 1.807) is 0 Å². The lowest BCUT2D eigenvalue weighted by Crippen LogP contribution is -2.00. The second-order valence-corrected chi connectivity index (χ2v) is 2.69. The Balaban J connectivity index is 3.14. The number of hydrogen-bond donors (Lipinski definition) is 1. The lowest BCUT2D eigenvalue weighted by atomic mass is 10.4. The first-order valence-corrected chi connectivity index (χ1v) is 3.89. The lowest BCUT2D eigenvalue weighted by Gasteiger charge is -1.99. The maximum atomic E-state index is 8.86. The van der Waals surface area contributed by atoms with Crippen LogP contribution < -0.4 is 0 Å². The van der Waals surface area contributed by atoms with E-state index < -0.39 is 0 Å². The molecule has 1 aromatic rings. The Hall–Kier alpha value is -0.540. The van der Waals surface area contributed by atoms with Crippen molar-refractivity contribution in [3.63, 3.8) is 0 Å². The van der Waals surface area contributed by atoms with Gasteiger partial charge in [0.25, 0.3) is 0 Å². The van der Waals surface area contributed by atoms with Crippen LogP contribution in [0.1, 0.15) is 18.4 Å². The SMILES string of the molecule is CCc1nc(Cl)c(CO)n1C. The molecule has 0 aliphatic carbocycles. The zero-order valence-electron chi connectivity index (χ0n) is 6.63. The second-order valence-electron chi connectivity index (χ2n) is 2.34. The molecule has 3 nitrogen and oxygen atoms in total. The van der Waals surface area contributed by atoms with Crippen molar-refractivity contribution in [2.75, 3.05) is 0 Å². The van der Waals surface area contributed by atoms with Crippen LogP contribution in [0.15, 0.2) is 0 Å². The monoisotopic (exact) mass is 174 g/mol. The van der Waals surface area contributed by atoms with E-state index in [0.717, 1.165) is 12.2 Å². The molecule has 62 valence electrons. The molecule has 0 bridgehead atoms. The van der Waals surface area contributed by atoms with Gasteiger partial charge in [0.1, 0.15) is 5.82 Å². The van der Waals surface area contributed by atoms with Gasteiger partial charge < -0.3 is 9.67 Å². The van der Waals surface area contributed by atoms with Gasteiger partial charge in [-0.15, -0.1) is 0 Å². The second kappa shape index (κ2) is 3.24. The first-order chi connectivity index (χ1) is 5.20. The molecule has 0 amide bonds. The number of aliphatic hydroxyl groups excluding tert-OH is 1. The lowest BCUT2D eigenvalue weighted by molar-refractivity contribution is 0.272. The standard InChI is InChI=1S/C7H11ClN2O/c1-3-6-9-7(8)5(4-11)10(6)2/h11H,3-4H2,1-2H3. The summed E-state index contributed by atoms with van der Waals surface area (Å²) in [6.07, 6.45) is 0.830. The van der Waals surface area contributed by atoms with Gasteiger partial charge in [-0.2, -0.15) is 0 Å². The van der Waals surface area contributed by atoms with Gasteiger partial charge in [-0.25, -0.2) is 4.98 Å². The summed E-state index contributed by atoms with van der Waals surface area (Å²) in [7, 11) is 1.85. The number of aromatic nitrogens is 2. The van der Waals surface area contributed by atoms with Crippen LogP contribution in [0.25, 0.3) is 0 Å². The molecule has 0 fully saturated rings. The first-order valence-electron chi connectivity index (χ1n) is 3.51. The molecule has 0 aromatic carbocycles. The van der Waals surface area contributed by atoms with Crippen molar-refractivity contribution < 1.29 is 5.11 Å². The van der Waals surface area contributed by atoms with Crippen LogP contribution in [0, 0.1) is 0 Å². The zero-order chi connectivity index (χ0) is 8.43. The minimum atomic E-state index is -0.0532. The van der Waals surface area contributed by atoms with Crippen LogP contribution in [0.5, 0.6) is 0 Å². The summed E-state index contributed by atoms with van der Waals surface area (Å²) in [5.74, 6) is 0.902. The summed E-state index contributed by atoms with van der Waals surface area (Å²) in [5.41, 5.74) is 0.684. The van der Waals surface area contributed by atoms with Crippen LogP contribution in [0.2, 0.25) is 5.15 Å². The average Bonchev–Trinajstić information content (AvgIpc) is 2.26. The molecular weight excluding hydrogens is 164 g/mol. The Bertz CT molecular complexity index is 257. The van der Waals surface area contributed by atoms with Crippen molar-refractivity contribution in [3.8, 4) is 0 Å². The number of hydrogen-bond acceptors (Lipinski definition) is 2. The van der Waals surface area contributed by atoms with E-state index in [0.29, 0.717) is 10.8 Å². The van der Waals surface area contributed by atoms with Gasteiger partial charge in [0.05, 0.1) is 12.3 Å². The molecule has 11 heavy (non-hydrogen) atoms. The predicted octanol–water partition coefficient (Wildman–Crippen LogP) is 1.13. The first kappa shape index (κ1) is 8.56. The van der Waals surface area contributed by atoms with E-state index in [1.165, 1.54) is 0 Å². The maximum Gasteiger partial charge on any atom is 0.152 e. The largest absolute Gasteiger partial charge is 0.390 e. The Kier molecular flexibility index (Phi) is 2.52. The molecule has 1 aromatic heterocycles. The van der Waals surface area contributed by atoms with E-state index in [2.05, 4.69) is 4.98 Å². The van der Waals surface area contributed by atoms with Gasteiger partial charge in [-0.1, -0.05) is 18.5 Å². The topological polar surface area (TPSA) is 38.1 Å². The maximum absolute atomic E-state index is 8.86. The third-order valence-electron chi connectivity index (χ3n) is 1.72. The fraction of sp³-hybridized carbons (Fsp3) is 0.571. The van der Waals surface area contributed by atoms with Crippen LogP contribution in [-0.2, 0) is 20.1 Å². The molecule has 0 saturated heterocycles. The van der Waals surface area contributed by atoms with Gasteiger partial charge in [-0.3, -0.25) is 0 Å². The average molecular weight is 175 g/mol. The summed E-state index contributed by atoms with van der Waals surface area (Å²) in [5, 5.41) is 9.27. The van der Waals surface area contributed by atoms with Gasteiger partial charge in [-0.05, 0) is 0 Å². The van der Waals surface area contributed by atoms with Gasteiger partial charge in [0, 0.05) is 13.5 Å². The molecule has 1 rings (SSSR count). The fourth-order valence-corrected chi connectivity index (χ4v) is 1.32. The molecular formula is C7H11ClN2O. The third-order valence-corrected chi connectivity index (χ3v) is 2.03. The van der Waals surface area contributed by atoms with Crippen molar-refractivity contribution in [2.45, 2.75) is 20.0 Å². The van der Waals surface area contributed by atoms with Crippen LogP contribution in [0.3, 0.4) is 0 Å². The normalized spacial score (nSPS) is 10.5. The Morgan fingerprint density at radius 2 is 2.27 bits per heavy atom. The minimum Gasteiger partial charge on any atom is -0.390 e. The highest BCUT2D eigenvalue weighted by Gasteiger charge is 2.09. The van der Waals surface area contributed by atoms with E-state index in [4.69, 9.17) is 16.7 Å². The molecule has 0 unspecified atom stereocenters. The molecule has 0 aliphatic heterocycles. The molecule has 0 spiro atoms. The van der Waals surface area contributed by atoms with Gasteiger partial charge in [0.15, 0.2) is 5.15 Å². The number of halogens is 1. The highest BCUT2D eigenvalue weighted by molar-refractivity contribution is 6.30. The predicted molar refractivity (Wildman–Crippen MR) is 43.5 cm³/mol. The molecule has 0 atom stereocenters. The summed E-state index contributed by atoms with van der Waals surface area (Å²) in [6.45, 7) is 1.95. The summed E-state index contributed by atoms with van der Waals surface area (Å²) in [6, 6.07) is 0. The highest BCUT2D eigenvalue weighted by atomic mass is 35.5. The molecule has 1 heterocycles. The Morgan fingerprint density at radius 1 is 1.64 bits per heavy atom. The number of aliphatic hydroxyl groups is 1. The van der Waals surface area contributed by atoms with Crippen LogP contribution in [-0.4, -0.2) is 14.7 Å². The van der Waals surface area contributed by atoms with Crippen molar-refractivity contribution >= 4 is 11.6 Å². The smallest absolute Gasteiger partial charge is 0.152 e. The van der Waals surface area contributed by atoms with E-state index >= 15 is 0 Å².